The first kappa shape index (κ1) is 14.5. The van der Waals surface area contributed by atoms with Gasteiger partial charge in [0.25, 0.3) is 0 Å². The summed E-state index contributed by atoms with van der Waals surface area (Å²) in [6.45, 7) is 1.01. The second kappa shape index (κ2) is 6.12. The Labute approximate surface area is 130 Å². The molecule has 0 radical (unpaired) electrons. The van der Waals surface area contributed by atoms with Gasteiger partial charge in [0.2, 0.25) is 0 Å². The largest absolute Gasteiger partial charge is 0.506 e. The number of hydrogen-bond acceptors (Lipinski definition) is 4. The van der Waals surface area contributed by atoms with Crippen molar-refractivity contribution in [3.8, 4) is 16.9 Å². The number of fused-ring (bicyclic) bond motifs is 1. The van der Waals surface area contributed by atoms with E-state index in [1.807, 2.05) is 6.07 Å². The van der Waals surface area contributed by atoms with Crippen LogP contribution in [0.15, 0.2) is 48.9 Å². The Morgan fingerprint density at radius 1 is 1.09 bits per heavy atom. The molecule has 0 saturated heterocycles. The van der Waals surface area contributed by atoms with Crippen LogP contribution in [0.25, 0.3) is 22.0 Å². The van der Waals surface area contributed by atoms with E-state index >= 15 is 0 Å². The van der Waals surface area contributed by atoms with Gasteiger partial charge in [-0.25, -0.2) is 9.97 Å². The number of hydrogen-bond donors (Lipinski definition) is 1. The summed E-state index contributed by atoms with van der Waals surface area (Å²) in [7, 11) is 4.15. The van der Waals surface area contributed by atoms with Crippen LogP contribution in [0, 0.1) is 0 Å². The zero-order valence-electron chi connectivity index (χ0n) is 12.8. The van der Waals surface area contributed by atoms with Crippen molar-refractivity contribution in [3.05, 3.63) is 54.5 Å². The van der Waals surface area contributed by atoms with Crippen molar-refractivity contribution in [3.63, 3.8) is 0 Å². The Hall–Kier alpha value is -2.46. The smallest absolute Gasteiger partial charge is 0.142 e. The lowest BCUT2D eigenvalue weighted by atomic mass is 10.00. The van der Waals surface area contributed by atoms with Gasteiger partial charge in [-0.3, -0.25) is 0 Å². The lowest BCUT2D eigenvalue weighted by Crippen LogP contribution is -2.14. The zero-order chi connectivity index (χ0) is 15.5. The number of likely N-dealkylation sites (N-methyl/N-ethyl adjacent to an activating group) is 1. The maximum absolute atomic E-state index is 10.2. The summed E-state index contributed by atoms with van der Waals surface area (Å²) in [6.07, 6.45) is 4.18. The summed E-state index contributed by atoms with van der Waals surface area (Å²) in [4.78, 5) is 10.3. The fraction of sp³-hybridized carbons (Fsp3) is 0.222. The molecule has 22 heavy (non-hydrogen) atoms. The highest BCUT2D eigenvalue weighted by atomic mass is 16.3. The Bertz CT molecular complexity index is 799. The minimum absolute atomic E-state index is 0.189. The highest BCUT2D eigenvalue weighted by molar-refractivity contribution is 5.88. The Morgan fingerprint density at radius 2 is 1.95 bits per heavy atom. The molecule has 4 heteroatoms. The zero-order valence-corrected chi connectivity index (χ0v) is 12.8. The number of aromatic hydroxyl groups is 1. The molecule has 1 heterocycles. The monoisotopic (exact) mass is 293 g/mol. The molecule has 0 unspecified atom stereocenters. The van der Waals surface area contributed by atoms with Crippen LogP contribution in [0.4, 0.5) is 0 Å². The highest BCUT2D eigenvalue weighted by Crippen LogP contribution is 2.30. The number of aromatic nitrogens is 2. The molecule has 0 amide bonds. The van der Waals surface area contributed by atoms with Gasteiger partial charge in [-0.1, -0.05) is 24.3 Å². The van der Waals surface area contributed by atoms with E-state index in [-0.39, 0.29) is 5.75 Å². The summed E-state index contributed by atoms with van der Waals surface area (Å²) >= 11 is 0. The molecule has 0 saturated carbocycles. The molecule has 0 bridgehead atoms. The van der Waals surface area contributed by atoms with Crippen molar-refractivity contribution in [2.45, 2.75) is 6.42 Å². The van der Waals surface area contributed by atoms with Gasteiger partial charge in [-0.15, -0.1) is 0 Å². The van der Waals surface area contributed by atoms with Crippen LogP contribution >= 0.6 is 0 Å². The molecule has 0 spiro atoms. The van der Waals surface area contributed by atoms with E-state index in [2.05, 4.69) is 53.2 Å². The third-order valence-corrected chi connectivity index (χ3v) is 3.69. The van der Waals surface area contributed by atoms with Crippen molar-refractivity contribution in [1.82, 2.24) is 14.9 Å². The highest BCUT2D eigenvalue weighted by Gasteiger charge is 2.07. The standard InChI is InChI=1S/C18H19N3O/c1-21(2)7-6-13-4-3-5-14(8-13)15-9-16-11-19-12-20-18(16)17(22)10-15/h3-5,8-12,22H,6-7H2,1-2H3. The van der Waals surface area contributed by atoms with Crippen LogP contribution in [-0.2, 0) is 6.42 Å². The molecule has 0 aliphatic rings. The Balaban J connectivity index is 1.98. The first-order valence-electron chi connectivity index (χ1n) is 7.30. The SMILES string of the molecule is CN(C)CCc1cccc(-c2cc(O)c3ncncc3c2)c1. The summed E-state index contributed by atoms with van der Waals surface area (Å²) in [6, 6.07) is 12.2. The lowest BCUT2D eigenvalue weighted by molar-refractivity contribution is 0.413. The molecule has 1 aromatic heterocycles. The molecule has 0 atom stereocenters. The van der Waals surface area contributed by atoms with E-state index in [9.17, 15) is 5.11 Å². The third-order valence-electron chi connectivity index (χ3n) is 3.69. The minimum atomic E-state index is 0.189. The first-order chi connectivity index (χ1) is 10.6. The van der Waals surface area contributed by atoms with Crippen LogP contribution in [0.5, 0.6) is 5.75 Å². The predicted molar refractivity (Wildman–Crippen MR) is 88.9 cm³/mol. The molecular formula is C18H19N3O. The molecule has 0 fully saturated rings. The molecule has 2 aromatic carbocycles. The van der Waals surface area contributed by atoms with Crippen LogP contribution in [0.1, 0.15) is 5.56 Å². The van der Waals surface area contributed by atoms with Gasteiger partial charge in [0.15, 0.2) is 0 Å². The molecule has 1 N–H and O–H groups in total. The fourth-order valence-electron chi connectivity index (χ4n) is 2.51. The van der Waals surface area contributed by atoms with Gasteiger partial charge in [-0.05, 0) is 49.3 Å². The molecular weight excluding hydrogens is 274 g/mol. The summed E-state index contributed by atoms with van der Waals surface area (Å²) in [5.41, 5.74) is 3.95. The van der Waals surface area contributed by atoms with Gasteiger partial charge in [0, 0.05) is 18.1 Å². The number of phenols is 1. The second-order valence-corrected chi connectivity index (χ2v) is 5.71. The number of phenolic OH excluding ortho intramolecular Hbond substituents is 1. The van der Waals surface area contributed by atoms with Crippen LogP contribution in [0.3, 0.4) is 0 Å². The third kappa shape index (κ3) is 3.07. The number of rotatable bonds is 4. The quantitative estimate of drug-likeness (QED) is 0.803. The van der Waals surface area contributed by atoms with Crippen molar-refractivity contribution >= 4 is 10.9 Å². The fourth-order valence-corrected chi connectivity index (χ4v) is 2.51. The summed E-state index contributed by atoms with van der Waals surface area (Å²) < 4.78 is 0. The van der Waals surface area contributed by atoms with Gasteiger partial charge < -0.3 is 10.0 Å². The molecule has 112 valence electrons. The van der Waals surface area contributed by atoms with Crippen molar-refractivity contribution in [2.24, 2.45) is 0 Å². The van der Waals surface area contributed by atoms with E-state index in [0.717, 1.165) is 29.5 Å². The van der Waals surface area contributed by atoms with E-state index in [1.54, 1.807) is 12.3 Å². The number of nitrogens with zero attached hydrogens (tertiary/aromatic N) is 3. The van der Waals surface area contributed by atoms with E-state index in [1.165, 1.54) is 11.9 Å². The molecule has 0 aliphatic heterocycles. The van der Waals surface area contributed by atoms with Gasteiger partial charge in [-0.2, -0.15) is 0 Å². The second-order valence-electron chi connectivity index (χ2n) is 5.71. The molecule has 3 aromatic rings. The van der Waals surface area contributed by atoms with Gasteiger partial charge in [0.05, 0.1) is 0 Å². The van der Waals surface area contributed by atoms with Crippen molar-refractivity contribution in [2.75, 3.05) is 20.6 Å². The summed E-state index contributed by atoms with van der Waals surface area (Å²) in [5.74, 6) is 0.189. The topological polar surface area (TPSA) is 49.2 Å². The molecule has 0 aliphatic carbocycles. The molecule has 4 nitrogen and oxygen atoms in total. The van der Waals surface area contributed by atoms with E-state index in [4.69, 9.17) is 0 Å². The average molecular weight is 293 g/mol. The van der Waals surface area contributed by atoms with Crippen LogP contribution < -0.4 is 0 Å². The maximum Gasteiger partial charge on any atom is 0.142 e. The van der Waals surface area contributed by atoms with Crippen LogP contribution in [0.2, 0.25) is 0 Å². The average Bonchev–Trinajstić information content (AvgIpc) is 2.53. The first-order valence-corrected chi connectivity index (χ1v) is 7.30. The predicted octanol–water partition coefficient (Wildman–Crippen LogP) is 3.11. The normalized spacial score (nSPS) is 11.2. The van der Waals surface area contributed by atoms with Gasteiger partial charge in [0.1, 0.15) is 17.6 Å². The van der Waals surface area contributed by atoms with Gasteiger partial charge >= 0.3 is 0 Å². The van der Waals surface area contributed by atoms with E-state index in [0.29, 0.717) is 5.52 Å². The maximum atomic E-state index is 10.2. The van der Waals surface area contributed by atoms with E-state index < -0.39 is 0 Å². The van der Waals surface area contributed by atoms with Crippen LogP contribution in [-0.4, -0.2) is 40.6 Å². The molecule has 3 rings (SSSR count). The summed E-state index contributed by atoms with van der Waals surface area (Å²) in [5, 5.41) is 11.0. The minimum Gasteiger partial charge on any atom is -0.506 e. The lowest BCUT2D eigenvalue weighted by Gasteiger charge is -2.11. The Kier molecular flexibility index (Phi) is 4.02. The number of benzene rings is 2. The van der Waals surface area contributed by atoms with Crippen molar-refractivity contribution in [1.29, 1.82) is 0 Å². The van der Waals surface area contributed by atoms with Crippen molar-refractivity contribution < 1.29 is 5.11 Å². The Morgan fingerprint density at radius 3 is 2.77 bits per heavy atom.